The normalized spacial score (nSPS) is 18.1. The molecule has 1 aliphatic heterocycles. The van der Waals surface area contributed by atoms with Crippen LogP contribution < -0.4 is 0 Å². The number of carbonyl (C=O) groups excluding carboxylic acids is 1. The highest BCUT2D eigenvalue weighted by Crippen LogP contribution is 2.11. The van der Waals surface area contributed by atoms with Crippen LogP contribution in [-0.4, -0.2) is 68.3 Å². The highest BCUT2D eigenvalue weighted by Gasteiger charge is 2.18. The van der Waals surface area contributed by atoms with Crippen molar-refractivity contribution in [1.82, 2.24) is 9.80 Å². The molecule has 0 saturated carbocycles. The zero-order chi connectivity index (χ0) is 14.8. The largest absolute Gasteiger partial charge is 0.304 e. The molecule has 1 saturated heterocycles. The van der Waals surface area contributed by atoms with E-state index in [1.165, 1.54) is 24.3 Å². The van der Waals surface area contributed by atoms with E-state index in [1.807, 2.05) is 7.05 Å². The van der Waals surface area contributed by atoms with Crippen LogP contribution in [0.1, 0.15) is 10.4 Å². The minimum Gasteiger partial charge on any atom is -0.304 e. The van der Waals surface area contributed by atoms with Crippen LogP contribution in [0, 0.1) is 0 Å². The Bertz CT molecular complexity index is 575. The lowest BCUT2D eigenvalue weighted by atomic mass is 10.1. The quantitative estimate of drug-likeness (QED) is 0.639. The molecule has 0 aromatic heterocycles. The zero-order valence-electron chi connectivity index (χ0n) is 11.3. The molecule has 2 rings (SSSR count). The van der Waals surface area contributed by atoms with Gasteiger partial charge in [0.25, 0.3) is 10.1 Å². The van der Waals surface area contributed by atoms with Gasteiger partial charge >= 0.3 is 0 Å². The lowest BCUT2D eigenvalue weighted by Crippen LogP contribution is -2.46. The van der Waals surface area contributed by atoms with Crippen molar-refractivity contribution >= 4 is 15.9 Å². The van der Waals surface area contributed by atoms with Crippen LogP contribution in [-0.2, 0) is 10.1 Å². The molecule has 0 radical (unpaired) electrons. The number of likely N-dealkylation sites (N-methyl/N-ethyl adjacent to an activating group) is 1. The molecule has 0 atom stereocenters. The maximum Gasteiger partial charge on any atom is 0.294 e. The fourth-order valence-electron chi connectivity index (χ4n) is 2.11. The Morgan fingerprint density at radius 1 is 1.15 bits per heavy atom. The molecule has 0 bridgehead atoms. The molecule has 20 heavy (non-hydrogen) atoms. The maximum absolute atomic E-state index is 12.1. The third-order valence-corrected chi connectivity index (χ3v) is 4.31. The first-order chi connectivity index (χ1) is 9.36. The Kier molecular flexibility index (Phi) is 4.54. The number of Topliss-reactive ketones (excluding diaryl/α,β-unsaturated/α-hetero) is 1. The standard InChI is InChI=1S/C13H18N2O4S/c1-14-6-8-15(9-7-14)10-13(16)11-2-4-12(5-3-11)20(17,18)19/h2-5H,6-10H2,1H3,(H,17,18,19). The summed E-state index contributed by atoms with van der Waals surface area (Å²) >= 11 is 0. The molecule has 1 aromatic rings. The van der Waals surface area contributed by atoms with Gasteiger partial charge in [-0.25, -0.2) is 0 Å². The van der Waals surface area contributed by atoms with Crippen molar-refractivity contribution in [3.05, 3.63) is 29.8 Å². The second-order valence-electron chi connectivity index (χ2n) is 5.00. The summed E-state index contributed by atoms with van der Waals surface area (Å²) < 4.78 is 30.7. The fraction of sp³-hybridized carbons (Fsp3) is 0.462. The number of hydrogen-bond acceptors (Lipinski definition) is 5. The van der Waals surface area contributed by atoms with Gasteiger partial charge in [-0.05, 0) is 31.3 Å². The first kappa shape index (κ1) is 15.1. The smallest absolute Gasteiger partial charge is 0.294 e. The summed E-state index contributed by atoms with van der Waals surface area (Å²) in [5.41, 5.74) is 0.455. The number of carbonyl (C=O) groups is 1. The number of piperazine rings is 1. The Morgan fingerprint density at radius 2 is 1.70 bits per heavy atom. The van der Waals surface area contributed by atoms with E-state index in [2.05, 4.69) is 9.80 Å². The highest BCUT2D eigenvalue weighted by atomic mass is 32.2. The first-order valence-corrected chi connectivity index (χ1v) is 7.82. The first-order valence-electron chi connectivity index (χ1n) is 6.38. The Balaban J connectivity index is 1.99. The minimum atomic E-state index is -4.21. The SMILES string of the molecule is CN1CCN(CC(=O)c2ccc(S(=O)(=O)O)cc2)CC1. The molecule has 1 aliphatic rings. The van der Waals surface area contributed by atoms with E-state index in [4.69, 9.17) is 4.55 Å². The summed E-state index contributed by atoms with van der Waals surface area (Å²) in [6.07, 6.45) is 0. The minimum absolute atomic E-state index is 0.0450. The highest BCUT2D eigenvalue weighted by molar-refractivity contribution is 7.85. The van der Waals surface area contributed by atoms with E-state index in [0.29, 0.717) is 12.1 Å². The van der Waals surface area contributed by atoms with E-state index in [-0.39, 0.29) is 10.7 Å². The van der Waals surface area contributed by atoms with Crippen molar-refractivity contribution in [3.8, 4) is 0 Å². The molecule has 1 heterocycles. The summed E-state index contributed by atoms with van der Waals surface area (Å²) in [5, 5.41) is 0. The molecule has 0 amide bonds. The lowest BCUT2D eigenvalue weighted by Gasteiger charge is -2.31. The Morgan fingerprint density at radius 3 is 2.20 bits per heavy atom. The number of benzene rings is 1. The van der Waals surface area contributed by atoms with Crippen molar-refractivity contribution in [2.24, 2.45) is 0 Å². The maximum atomic E-state index is 12.1. The lowest BCUT2D eigenvalue weighted by molar-refractivity contribution is 0.0876. The molecule has 6 nitrogen and oxygen atoms in total. The molecule has 1 aromatic carbocycles. The van der Waals surface area contributed by atoms with Crippen LogP contribution in [0.3, 0.4) is 0 Å². The topological polar surface area (TPSA) is 77.9 Å². The van der Waals surface area contributed by atoms with Gasteiger partial charge in [-0.15, -0.1) is 0 Å². The van der Waals surface area contributed by atoms with Crippen molar-refractivity contribution in [2.45, 2.75) is 4.90 Å². The van der Waals surface area contributed by atoms with Crippen molar-refractivity contribution in [1.29, 1.82) is 0 Å². The van der Waals surface area contributed by atoms with Gasteiger partial charge in [0.2, 0.25) is 0 Å². The second kappa shape index (κ2) is 6.01. The van der Waals surface area contributed by atoms with Crippen LogP contribution in [0.2, 0.25) is 0 Å². The summed E-state index contributed by atoms with van der Waals surface area (Å²) in [6, 6.07) is 5.35. The predicted octanol–water partition coefficient (Wildman–Crippen LogP) is 0.363. The van der Waals surface area contributed by atoms with Gasteiger partial charge in [0.05, 0.1) is 11.4 Å². The summed E-state index contributed by atoms with van der Waals surface area (Å²) in [4.78, 5) is 16.2. The zero-order valence-corrected chi connectivity index (χ0v) is 12.1. The van der Waals surface area contributed by atoms with Crippen molar-refractivity contribution < 1.29 is 17.8 Å². The average molecular weight is 298 g/mol. The van der Waals surface area contributed by atoms with Gasteiger partial charge in [0.1, 0.15) is 0 Å². The van der Waals surface area contributed by atoms with E-state index >= 15 is 0 Å². The van der Waals surface area contributed by atoms with Crippen LogP contribution in [0.15, 0.2) is 29.2 Å². The van der Waals surface area contributed by atoms with Crippen LogP contribution in [0.25, 0.3) is 0 Å². The van der Waals surface area contributed by atoms with E-state index < -0.39 is 10.1 Å². The molecule has 1 N–H and O–H groups in total. The van der Waals surface area contributed by atoms with Gasteiger partial charge in [-0.3, -0.25) is 14.2 Å². The number of hydrogen-bond donors (Lipinski definition) is 1. The fourth-order valence-corrected chi connectivity index (χ4v) is 2.59. The third kappa shape index (κ3) is 3.86. The summed E-state index contributed by atoms with van der Waals surface area (Å²) in [5.74, 6) is -0.0450. The van der Waals surface area contributed by atoms with Gasteiger partial charge in [0, 0.05) is 31.7 Å². The molecule has 0 aliphatic carbocycles. The van der Waals surface area contributed by atoms with Gasteiger partial charge < -0.3 is 4.90 Å². The van der Waals surface area contributed by atoms with Gasteiger partial charge in [-0.1, -0.05) is 0 Å². The third-order valence-electron chi connectivity index (χ3n) is 3.44. The van der Waals surface area contributed by atoms with Crippen LogP contribution in [0.5, 0.6) is 0 Å². The predicted molar refractivity (Wildman–Crippen MR) is 74.5 cm³/mol. The van der Waals surface area contributed by atoms with E-state index in [1.54, 1.807) is 0 Å². The summed E-state index contributed by atoms with van der Waals surface area (Å²) in [6.45, 7) is 3.92. The second-order valence-corrected chi connectivity index (χ2v) is 6.42. The van der Waals surface area contributed by atoms with E-state index in [0.717, 1.165) is 26.2 Å². The van der Waals surface area contributed by atoms with Crippen LogP contribution in [0.4, 0.5) is 0 Å². The van der Waals surface area contributed by atoms with Crippen molar-refractivity contribution in [2.75, 3.05) is 39.8 Å². The summed E-state index contributed by atoms with van der Waals surface area (Å²) in [7, 11) is -2.16. The number of nitrogens with zero attached hydrogens (tertiary/aromatic N) is 2. The monoisotopic (exact) mass is 298 g/mol. The van der Waals surface area contributed by atoms with Gasteiger partial charge in [-0.2, -0.15) is 8.42 Å². The van der Waals surface area contributed by atoms with E-state index in [9.17, 15) is 13.2 Å². The number of rotatable bonds is 4. The average Bonchev–Trinajstić information content (AvgIpc) is 2.40. The molecule has 0 spiro atoms. The number of ketones is 1. The van der Waals surface area contributed by atoms with Crippen molar-refractivity contribution in [3.63, 3.8) is 0 Å². The molecule has 0 unspecified atom stereocenters. The Hall–Kier alpha value is -1.28. The molecule has 7 heteroatoms. The van der Waals surface area contributed by atoms with Gasteiger partial charge in [0.15, 0.2) is 5.78 Å². The molecular weight excluding hydrogens is 280 g/mol. The molecule has 110 valence electrons. The Labute approximate surface area is 118 Å². The molecular formula is C13H18N2O4S. The van der Waals surface area contributed by atoms with Crippen LogP contribution >= 0.6 is 0 Å². The molecule has 1 fully saturated rings.